The van der Waals surface area contributed by atoms with E-state index in [1.165, 1.54) is 38.3 Å². The molecule has 0 saturated carbocycles. The molecule has 1 N–H and O–H groups in total. The number of methoxy groups -OCH3 is 1. The smallest absolute Gasteiger partial charge is 0.326 e. The Bertz CT molecular complexity index is 924. The third-order valence-corrected chi connectivity index (χ3v) is 5.49. The number of carbonyl (C=O) groups is 2. The number of carbonyl (C=O) groups excluding carboxylic acids is 2. The van der Waals surface area contributed by atoms with Crippen LogP contribution in [0.25, 0.3) is 0 Å². The number of rotatable bonds is 8. The fraction of sp³-hybridized carbons (Fsp3) is 0.263. The zero-order valence-corrected chi connectivity index (χ0v) is 16.7. The fourth-order valence-electron chi connectivity index (χ4n) is 2.43. The van der Waals surface area contributed by atoms with E-state index in [2.05, 4.69) is 5.32 Å². The minimum absolute atomic E-state index is 0.0262. The van der Waals surface area contributed by atoms with Gasteiger partial charge in [0.1, 0.15) is 12.3 Å². The van der Waals surface area contributed by atoms with Gasteiger partial charge in [0.25, 0.3) is 10.0 Å². The van der Waals surface area contributed by atoms with Crippen LogP contribution in [-0.4, -0.2) is 40.6 Å². The number of sulfonamides is 1. The Labute approximate surface area is 164 Å². The maximum Gasteiger partial charge on any atom is 0.326 e. The monoisotopic (exact) mass is 406 g/mol. The Morgan fingerprint density at radius 1 is 1.04 bits per heavy atom. The lowest BCUT2D eigenvalue weighted by atomic mass is 10.3. The second kappa shape index (κ2) is 9.23. The first-order valence-corrected chi connectivity index (χ1v) is 9.92. The molecular weight excluding hydrogens is 384 g/mol. The number of ether oxygens (including phenoxy) is 2. The molecule has 9 heteroatoms. The average molecular weight is 406 g/mol. The van der Waals surface area contributed by atoms with Gasteiger partial charge < -0.3 is 14.8 Å². The molecule has 1 amide bonds. The van der Waals surface area contributed by atoms with Crippen LogP contribution in [0, 0.1) is 0 Å². The summed E-state index contributed by atoms with van der Waals surface area (Å²) in [7, 11) is -2.55. The third kappa shape index (κ3) is 5.23. The Morgan fingerprint density at radius 3 is 2.14 bits per heavy atom. The van der Waals surface area contributed by atoms with Crippen molar-refractivity contribution in [1.82, 2.24) is 0 Å². The number of hydrogen-bond donors (Lipinski definition) is 1. The Kier molecular flexibility index (Phi) is 7.00. The molecule has 0 bridgehead atoms. The molecule has 2 rings (SSSR count). The summed E-state index contributed by atoms with van der Waals surface area (Å²) in [5.41, 5.74) is 0.757. The van der Waals surface area contributed by atoms with Crippen LogP contribution in [0.1, 0.15) is 13.8 Å². The average Bonchev–Trinajstić information content (AvgIpc) is 2.66. The van der Waals surface area contributed by atoms with Crippen molar-refractivity contribution in [1.29, 1.82) is 0 Å². The van der Waals surface area contributed by atoms with Crippen molar-refractivity contribution < 1.29 is 27.5 Å². The number of nitrogens with zero attached hydrogens (tertiary/aromatic N) is 1. The van der Waals surface area contributed by atoms with Crippen LogP contribution in [-0.2, 0) is 24.3 Å². The van der Waals surface area contributed by atoms with Crippen molar-refractivity contribution in [3.05, 3.63) is 48.5 Å². The Morgan fingerprint density at radius 2 is 1.64 bits per heavy atom. The zero-order chi connectivity index (χ0) is 20.7. The summed E-state index contributed by atoms with van der Waals surface area (Å²) in [6, 6.07) is 12.0. The second-order valence-corrected chi connectivity index (χ2v) is 7.58. The van der Waals surface area contributed by atoms with Gasteiger partial charge in [-0.2, -0.15) is 0 Å². The number of benzene rings is 2. The molecule has 0 unspecified atom stereocenters. The van der Waals surface area contributed by atoms with Crippen LogP contribution >= 0.6 is 0 Å². The molecule has 0 aliphatic rings. The molecular formula is C19H22N2O6S. The van der Waals surface area contributed by atoms with Gasteiger partial charge in [0.2, 0.25) is 5.91 Å². The second-order valence-electron chi connectivity index (χ2n) is 5.72. The van der Waals surface area contributed by atoms with Gasteiger partial charge in [-0.3, -0.25) is 13.9 Å². The number of amides is 1. The van der Waals surface area contributed by atoms with Gasteiger partial charge in [-0.1, -0.05) is 0 Å². The highest BCUT2D eigenvalue weighted by molar-refractivity contribution is 7.92. The van der Waals surface area contributed by atoms with Crippen LogP contribution in [0.5, 0.6) is 5.75 Å². The maximum atomic E-state index is 13.2. The molecule has 0 atom stereocenters. The SMILES string of the molecule is CCOC(=O)CN(c1ccc(OC)cc1)S(=O)(=O)c1ccc(NC(C)=O)cc1. The predicted molar refractivity (Wildman–Crippen MR) is 105 cm³/mol. The zero-order valence-electron chi connectivity index (χ0n) is 15.8. The quantitative estimate of drug-likeness (QED) is 0.676. The van der Waals surface area contributed by atoms with Gasteiger partial charge in [0.15, 0.2) is 0 Å². The number of hydrogen-bond acceptors (Lipinski definition) is 6. The van der Waals surface area contributed by atoms with Gasteiger partial charge in [-0.25, -0.2) is 8.42 Å². The van der Waals surface area contributed by atoms with E-state index in [9.17, 15) is 18.0 Å². The lowest BCUT2D eigenvalue weighted by molar-refractivity contribution is -0.141. The van der Waals surface area contributed by atoms with E-state index in [4.69, 9.17) is 9.47 Å². The van der Waals surface area contributed by atoms with Gasteiger partial charge in [-0.05, 0) is 55.5 Å². The third-order valence-electron chi connectivity index (χ3n) is 3.70. The van der Waals surface area contributed by atoms with Crippen molar-refractivity contribution in [2.24, 2.45) is 0 Å². The number of anilines is 2. The molecule has 0 aromatic heterocycles. The molecule has 2 aromatic rings. The Hall–Kier alpha value is -3.07. The first-order chi connectivity index (χ1) is 13.3. The van der Waals surface area contributed by atoms with E-state index in [0.29, 0.717) is 17.1 Å². The lowest BCUT2D eigenvalue weighted by Gasteiger charge is -2.24. The van der Waals surface area contributed by atoms with E-state index in [1.807, 2.05) is 0 Å². The molecule has 0 radical (unpaired) electrons. The number of nitrogens with one attached hydrogen (secondary N) is 1. The lowest BCUT2D eigenvalue weighted by Crippen LogP contribution is -2.36. The van der Waals surface area contributed by atoms with E-state index in [-0.39, 0.29) is 17.4 Å². The first kappa shape index (κ1) is 21.2. The topological polar surface area (TPSA) is 102 Å². The van der Waals surface area contributed by atoms with Gasteiger partial charge in [0.05, 0.1) is 24.3 Å². The summed E-state index contributed by atoms with van der Waals surface area (Å²) >= 11 is 0. The summed E-state index contributed by atoms with van der Waals surface area (Å²) in [5.74, 6) is -0.383. The number of esters is 1. The van der Waals surface area contributed by atoms with Crippen LogP contribution in [0.3, 0.4) is 0 Å². The van der Waals surface area contributed by atoms with Crippen molar-refractivity contribution in [2.45, 2.75) is 18.7 Å². The summed E-state index contributed by atoms with van der Waals surface area (Å²) in [4.78, 5) is 23.1. The molecule has 0 saturated heterocycles. The van der Waals surface area contributed by atoms with E-state index in [0.717, 1.165) is 4.31 Å². The summed E-state index contributed by atoms with van der Waals surface area (Å²) < 4.78 is 37.3. The Balaban J connectivity index is 2.41. The first-order valence-electron chi connectivity index (χ1n) is 8.48. The molecule has 2 aromatic carbocycles. The van der Waals surface area contributed by atoms with E-state index in [1.54, 1.807) is 31.2 Å². The minimum Gasteiger partial charge on any atom is -0.497 e. The summed E-state index contributed by atoms with van der Waals surface area (Å²) in [6.07, 6.45) is 0. The highest BCUT2D eigenvalue weighted by atomic mass is 32.2. The maximum absolute atomic E-state index is 13.2. The molecule has 0 heterocycles. The van der Waals surface area contributed by atoms with Crippen molar-refractivity contribution in [3.63, 3.8) is 0 Å². The molecule has 0 spiro atoms. The standard InChI is InChI=1S/C19H22N2O6S/c1-4-27-19(23)13-21(16-7-9-17(26-3)10-8-16)28(24,25)18-11-5-15(6-12-18)20-14(2)22/h5-12H,4,13H2,1-3H3,(H,20,22). The van der Waals surface area contributed by atoms with E-state index < -0.39 is 22.5 Å². The van der Waals surface area contributed by atoms with Crippen LogP contribution in [0.15, 0.2) is 53.4 Å². The summed E-state index contributed by atoms with van der Waals surface area (Å²) in [5, 5.41) is 2.57. The van der Waals surface area contributed by atoms with Crippen molar-refractivity contribution in [2.75, 3.05) is 29.9 Å². The van der Waals surface area contributed by atoms with Crippen LogP contribution in [0.2, 0.25) is 0 Å². The highest BCUT2D eigenvalue weighted by Crippen LogP contribution is 2.26. The predicted octanol–water partition coefficient (Wildman–Crippen LogP) is 2.41. The van der Waals surface area contributed by atoms with Crippen LogP contribution < -0.4 is 14.4 Å². The van der Waals surface area contributed by atoms with Crippen molar-refractivity contribution in [3.8, 4) is 5.75 Å². The van der Waals surface area contributed by atoms with Gasteiger partial charge >= 0.3 is 5.97 Å². The molecule has 150 valence electrons. The normalized spacial score (nSPS) is 10.8. The molecule has 0 fully saturated rings. The largest absolute Gasteiger partial charge is 0.497 e. The molecule has 8 nitrogen and oxygen atoms in total. The molecule has 0 aliphatic carbocycles. The molecule has 28 heavy (non-hydrogen) atoms. The van der Waals surface area contributed by atoms with Gasteiger partial charge in [0, 0.05) is 12.6 Å². The molecule has 0 aliphatic heterocycles. The van der Waals surface area contributed by atoms with Crippen molar-refractivity contribution >= 4 is 33.3 Å². The fourth-order valence-corrected chi connectivity index (χ4v) is 3.84. The van der Waals surface area contributed by atoms with Gasteiger partial charge in [-0.15, -0.1) is 0 Å². The highest BCUT2D eigenvalue weighted by Gasteiger charge is 2.27. The summed E-state index contributed by atoms with van der Waals surface area (Å²) in [6.45, 7) is 2.66. The van der Waals surface area contributed by atoms with Crippen LogP contribution in [0.4, 0.5) is 11.4 Å². The minimum atomic E-state index is -4.05. The van der Waals surface area contributed by atoms with E-state index >= 15 is 0 Å².